The molecule has 0 unspecified atom stereocenters. The van der Waals surface area contributed by atoms with Crippen LogP contribution >= 0.6 is 0 Å². The molecule has 0 aliphatic rings. The molecule has 0 amide bonds. The van der Waals surface area contributed by atoms with Crippen molar-refractivity contribution < 1.29 is 4.42 Å². The minimum atomic E-state index is 0.612. The first-order valence-corrected chi connectivity index (χ1v) is 19.1. The Hall–Kier alpha value is -7.83. The Morgan fingerprint density at radius 1 is 0.351 bits per heavy atom. The molecule has 12 rings (SSSR count). The maximum atomic E-state index is 6.72. The fourth-order valence-corrected chi connectivity index (χ4v) is 8.65. The summed E-state index contributed by atoms with van der Waals surface area (Å²) in [6.45, 7) is 0. The van der Waals surface area contributed by atoms with Gasteiger partial charge in [0.1, 0.15) is 11.2 Å². The third-order valence-corrected chi connectivity index (χ3v) is 11.1. The second-order valence-electron chi connectivity index (χ2n) is 14.4. The topological polar surface area (TPSA) is 61.7 Å². The molecule has 0 atom stereocenters. The first kappa shape index (κ1) is 31.5. The summed E-state index contributed by atoms with van der Waals surface area (Å²) in [7, 11) is 0. The van der Waals surface area contributed by atoms with Crippen molar-refractivity contribution in [3.8, 4) is 45.5 Å². The molecule has 0 saturated carbocycles. The van der Waals surface area contributed by atoms with Gasteiger partial charge in [-0.15, -0.1) is 0 Å². The summed E-state index contributed by atoms with van der Waals surface area (Å²) in [5.41, 5.74) is 11.1. The van der Waals surface area contributed by atoms with Gasteiger partial charge in [-0.2, -0.15) is 0 Å². The maximum Gasteiger partial charge on any atom is 0.164 e. The number of fused-ring (bicyclic) bond motifs is 11. The van der Waals surface area contributed by atoms with Gasteiger partial charge in [0.2, 0.25) is 0 Å². The van der Waals surface area contributed by atoms with Gasteiger partial charge in [0, 0.05) is 55.0 Å². The summed E-state index contributed by atoms with van der Waals surface area (Å²) in [6, 6.07) is 65.5. The number of para-hydroxylation sites is 3. The van der Waals surface area contributed by atoms with Crippen molar-refractivity contribution in [1.29, 1.82) is 0 Å². The van der Waals surface area contributed by atoms with Gasteiger partial charge < -0.3 is 13.6 Å². The van der Waals surface area contributed by atoms with Crippen LogP contribution in [-0.2, 0) is 0 Å². The lowest BCUT2D eigenvalue weighted by Crippen LogP contribution is -2.01. The van der Waals surface area contributed by atoms with Crippen LogP contribution in [0.2, 0.25) is 0 Å². The zero-order valence-corrected chi connectivity index (χ0v) is 30.5. The quantitative estimate of drug-likeness (QED) is 0.177. The highest BCUT2D eigenvalue weighted by atomic mass is 16.3. The van der Waals surface area contributed by atoms with Crippen LogP contribution in [0.5, 0.6) is 0 Å². The first-order valence-electron chi connectivity index (χ1n) is 19.1. The van der Waals surface area contributed by atoms with E-state index in [4.69, 9.17) is 19.4 Å². The Bertz CT molecular complexity index is 3450. The molecule has 266 valence electrons. The van der Waals surface area contributed by atoms with Crippen LogP contribution in [0.1, 0.15) is 0 Å². The average molecular weight is 730 g/mol. The van der Waals surface area contributed by atoms with Crippen LogP contribution in [0.25, 0.3) is 111 Å². The molecule has 0 radical (unpaired) electrons. The van der Waals surface area contributed by atoms with Gasteiger partial charge in [0.05, 0.1) is 27.5 Å². The van der Waals surface area contributed by atoms with Crippen molar-refractivity contribution >= 4 is 65.6 Å². The largest absolute Gasteiger partial charge is 0.455 e. The number of nitrogens with zero attached hydrogens (tertiary/aromatic N) is 5. The average Bonchev–Trinajstić information content (AvgIpc) is 3.95. The van der Waals surface area contributed by atoms with E-state index >= 15 is 0 Å². The van der Waals surface area contributed by atoms with Crippen LogP contribution in [0.3, 0.4) is 0 Å². The summed E-state index contributed by atoms with van der Waals surface area (Å²) in [5.74, 6) is 1.88. The van der Waals surface area contributed by atoms with Crippen LogP contribution < -0.4 is 0 Å². The number of rotatable bonds is 5. The van der Waals surface area contributed by atoms with E-state index in [-0.39, 0.29) is 0 Å². The normalized spacial score (nSPS) is 11.9. The van der Waals surface area contributed by atoms with E-state index in [0.717, 1.165) is 82.8 Å². The van der Waals surface area contributed by atoms with Gasteiger partial charge in [-0.05, 0) is 48.5 Å². The van der Waals surface area contributed by atoms with E-state index in [1.165, 1.54) is 10.8 Å². The lowest BCUT2D eigenvalue weighted by atomic mass is 10.1. The fraction of sp³-hybridized carbons (Fsp3) is 0. The zero-order chi connectivity index (χ0) is 37.5. The van der Waals surface area contributed by atoms with E-state index in [9.17, 15) is 0 Å². The number of hydrogen-bond donors (Lipinski definition) is 0. The molecule has 4 aromatic heterocycles. The third-order valence-electron chi connectivity index (χ3n) is 11.1. The first-order chi connectivity index (χ1) is 28.3. The molecular formula is C51H31N5O. The van der Waals surface area contributed by atoms with Gasteiger partial charge >= 0.3 is 0 Å². The van der Waals surface area contributed by atoms with Gasteiger partial charge in [0.15, 0.2) is 17.5 Å². The molecule has 12 aromatic rings. The van der Waals surface area contributed by atoms with Crippen LogP contribution in [-0.4, -0.2) is 24.1 Å². The van der Waals surface area contributed by atoms with E-state index in [1.54, 1.807) is 0 Å². The van der Waals surface area contributed by atoms with E-state index in [1.807, 2.05) is 66.7 Å². The second-order valence-corrected chi connectivity index (χ2v) is 14.4. The Labute approximate surface area is 326 Å². The van der Waals surface area contributed by atoms with Crippen molar-refractivity contribution in [3.63, 3.8) is 0 Å². The molecule has 6 heteroatoms. The Balaban J connectivity index is 1.17. The highest BCUT2D eigenvalue weighted by Gasteiger charge is 2.24. The van der Waals surface area contributed by atoms with Crippen molar-refractivity contribution in [2.45, 2.75) is 0 Å². The Kier molecular flexibility index (Phi) is 6.83. The molecule has 0 saturated heterocycles. The van der Waals surface area contributed by atoms with Crippen molar-refractivity contribution in [2.75, 3.05) is 0 Å². The summed E-state index contributed by atoms with van der Waals surface area (Å²) in [6.07, 6.45) is 0. The maximum absolute atomic E-state index is 6.72. The minimum absolute atomic E-state index is 0.612. The molecule has 6 nitrogen and oxygen atoms in total. The molecule has 0 fully saturated rings. The second kappa shape index (κ2) is 12.3. The predicted molar refractivity (Wildman–Crippen MR) is 232 cm³/mol. The van der Waals surface area contributed by atoms with Crippen molar-refractivity contribution in [1.82, 2.24) is 24.1 Å². The zero-order valence-electron chi connectivity index (χ0n) is 30.5. The van der Waals surface area contributed by atoms with E-state index < -0.39 is 0 Å². The SMILES string of the molecule is c1ccc(-c2nc(-c3ccccc3)nc(-c3cccc(-n4c5ccccc5c5ccc6c7c8oc9ccccc9c8ccc7n(-c7ccccc7)c6c54)c3)n2)cc1. The van der Waals surface area contributed by atoms with Gasteiger partial charge in [0.25, 0.3) is 0 Å². The summed E-state index contributed by atoms with van der Waals surface area (Å²) in [5, 5.41) is 6.80. The Morgan fingerprint density at radius 2 is 0.877 bits per heavy atom. The molecule has 4 heterocycles. The highest BCUT2D eigenvalue weighted by molar-refractivity contribution is 6.29. The summed E-state index contributed by atoms with van der Waals surface area (Å²) < 4.78 is 11.5. The van der Waals surface area contributed by atoms with E-state index in [2.05, 4.69) is 130 Å². The molecule has 0 aliphatic heterocycles. The molecule has 0 bridgehead atoms. The number of hydrogen-bond acceptors (Lipinski definition) is 4. The molecule has 0 spiro atoms. The molecule has 57 heavy (non-hydrogen) atoms. The van der Waals surface area contributed by atoms with Crippen LogP contribution in [0, 0.1) is 0 Å². The van der Waals surface area contributed by atoms with Crippen LogP contribution in [0.15, 0.2) is 192 Å². The fourth-order valence-electron chi connectivity index (χ4n) is 8.65. The lowest BCUT2D eigenvalue weighted by Gasteiger charge is -2.14. The molecular weight excluding hydrogens is 699 g/mol. The van der Waals surface area contributed by atoms with E-state index in [0.29, 0.717) is 17.5 Å². The minimum Gasteiger partial charge on any atom is -0.455 e. The molecule has 0 N–H and O–H groups in total. The molecule has 0 aliphatic carbocycles. The number of benzene rings is 8. The van der Waals surface area contributed by atoms with Crippen LogP contribution in [0.4, 0.5) is 0 Å². The summed E-state index contributed by atoms with van der Waals surface area (Å²) in [4.78, 5) is 15.1. The Morgan fingerprint density at radius 3 is 1.61 bits per heavy atom. The number of aromatic nitrogens is 5. The monoisotopic (exact) mass is 729 g/mol. The van der Waals surface area contributed by atoms with Gasteiger partial charge in [-0.1, -0.05) is 140 Å². The van der Waals surface area contributed by atoms with Gasteiger partial charge in [-0.25, -0.2) is 15.0 Å². The van der Waals surface area contributed by atoms with Crippen molar-refractivity contribution in [2.24, 2.45) is 0 Å². The predicted octanol–water partition coefficient (Wildman–Crippen LogP) is 13.0. The third kappa shape index (κ3) is 4.81. The number of furan rings is 1. The smallest absolute Gasteiger partial charge is 0.164 e. The summed E-state index contributed by atoms with van der Waals surface area (Å²) >= 11 is 0. The lowest BCUT2D eigenvalue weighted by molar-refractivity contribution is 0.673. The molecule has 8 aromatic carbocycles. The standard InChI is InChI=1S/C51H31N5O/c1-4-15-32(16-5-1)49-52-50(33-17-6-2-7-18-33)54-51(53-49)34-19-14-22-36(31-34)56-42-25-12-10-23-37(42)39-27-28-41-45-43(55(47(41)46(39)56)35-20-8-3-9-21-35)30-29-40-38-24-11-13-26-44(38)57-48(40)45/h1-31H. The van der Waals surface area contributed by atoms with Gasteiger partial charge in [-0.3, -0.25) is 0 Å². The van der Waals surface area contributed by atoms with Crippen molar-refractivity contribution in [3.05, 3.63) is 188 Å². The highest BCUT2D eigenvalue weighted by Crippen LogP contribution is 2.45.